The highest BCUT2D eigenvalue weighted by Crippen LogP contribution is 2.28. The van der Waals surface area contributed by atoms with Crippen LogP contribution in [0.25, 0.3) is 0 Å². The topological polar surface area (TPSA) is 34.2 Å². The lowest BCUT2D eigenvalue weighted by Crippen LogP contribution is -2.58. The monoisotopic (exact) mass is 626 g/mol. The SMILES string of the molecule is Fc1cc(N2CCCCC2)cc(F)c1CCN1CC(OCc2ccccc2)C(OCc2ccccc2)C(OCc2ccccc2)C1. The molecular formula is C39H44F2N2O3. The molecule has 242 valence electrons. The summed E-state index contributed by atoms with van der Waals surface area (Å²) in [5.41, 5.74) is 3.99. The highest BCUT2D eigenvalue weighted by molar-refractivity contribution is 5.49. The molecule has 2 unspecified atom stereocenters. The van der Waals surface area contributed by atoms with Crippen LogP contribution in [0.3, 0.4) is 0 Å². The number of ether oxygens (including phenoxy) is 3. The molecule has 4 aromatic carbocycles. The predicted molar refractivity (Wildman–Crippen MR) is 178 cm³/mol. The van der Waals surface area contributed by atoms with E-state index in [0.717, 1.165) is 42.6 Å². The van der Waals surface area contributed by atoms with Gasteiger partial charge in [-0.25, -0.2) is 8.78 Å². The highest BCUT2D eigenvalue weighted by Gasteiger charge is 2.39. The number of anilines is 1. The van der Waals surface area contributed by atoms with Crippen molar-refractivity contribution in [3.05, 3.63) is 137 Å². The van der Waals surface area contributed by atoms with Gasteiger partial charge in [-0.1, -0.05) is 91.0 Å². The molecule has 0 amide bonds. The van der Waals surface area contributed by atoms with Gasteiger partial charge in [0.25, 0.3) is 0 Å². The number of hydrogen-bond acceptors (Lipinski definition) is 5. The number of hydrogen-bond donors (Lipinski definition) is 0. The molecule has 0 aliphatic carbocycles. The lowest BCUT2D eigenvalue weighted by molar-refractivity contribution is -0.184. The van der Waals surface area contributed by atoms with Gasteiger partial charge in [0.1, 0.15) is 17.7 Å². The molecule has 5 nitrogen and oxygen atoms in total. The van der Waals surface area contributed by atoms with Crippen LogP contribution in [0.5, 0.6) is 0 Å². The smallest absolute Gasteiger partial charge is 0.131 e. The Hall–Kier alpha value is -3.62. The maximum Gasteiger partial charge on any atom is 0.131 e. The van der Waals surface area contributed by atoms with Crippen molar-refractivity contribution in [3.63, 3.8) is 0 Å². The van der Waals surface area contributed by atoms with Crippen molar-refractivity contribution in [1.82, 2.24) is 4.90 Å². The van der Waals surface area contributed by atoms with Crippen LogP contribution in [-0.2, 0) is 40.5 Å². The molecule has 0 spiro atoms. The van der Waals surface area contributed by atoms with E-state index >= 15 is 8.78 Å². The van der Waals surface area contributed by atoms with Gasteiger partial charge in [-0.2, -0.15) is 0 Å². The Balaban J connectivity index is 1.19. The van der Waals surface area contributed by atoms with Gasteiger partial charge in [0.15, 0.2) is 0 Å². The number of piperidine rings is 2. The third kappa shape index (κ3) is 8.80. The van der Waals surface area contributed by atoms with Crippen molar-refractivity contribution in [3.8, 4) is 0 Å². The molecule has 2 saturated heterocycles. The largest absolute Gasteiger partial charge is 0.371 e. The van der Waals surface area contributed by atoms with Crippen LogP contribution in [-0.4, -0.2) is 55.9 Å². The lowest BCUT2D eigenvalue weighted by Gasteiger charge is -2.43. The molecule has 0 N–H and O–H groups in total. The van der Waals surface area contributed by atoms with E-state index in [1.165, 1.54) is 18.6 Å². The Morgan fingerprint density at radius 2 is 1.04 bits per heavy atom. The first-order valence-electron chi connectivity index (χ1n) is 16.5. The van der Waals surface area contributed by atoms with Crippen molar-refractivity contribution in [2.45, 2.75) is 63.8 Å². The summed E-state index contributed by atoms with van der Waals surface area (Å²) in [4.78, 5) is 4.29. The summed E-state index contributed by atoms with van der Waals surface area (Å²) in [6, 6.07) is 33.3. The van der Waals surface area contributed by atoms with E-state index in [2.05, 4.69) is 21.9 Å². The minimum atomic E-state index is -0.476. The first-order valence-corrected chi connectivity index (χ1v) is 16.5. The third-order valence-corrected chi connectivity index (χ3v) is 9.03. The number of nitrogens with zero attached hydrogens (tertiary/aromatic N) is 2. The standard InChI is InChI=1S/C39H44F2N2O3/c40-35-23-33(43-20-11-4-12-21-43)24-36(41)34(35)19-22-42-25-37(44-27-30-13-5-1-6-14-30)39(46-29-32-17-9-3-10-18-32)38(26-42)45-28-31-15-7-2-8-16-31/h1-3,5-10,13-18,23-24,37-39H,4,11-12,19-22,25-29H2. The zero-order chi connectivity index (χ0) is 31.6. The van der Waals surface area contributed by atoms with Crippen LogP contribution in [0.1, 0.15) is 41.5 Å². The molecule has 6 rings (SSSR count). The average molecular weight is 627 g/mol. The van der Waals surface area contributed by atoms with E-state index in [9.17, 15) is 0 Å². The summed E-state index contributed by atoms with van der Waals surface area (Å²) in [5, 5.41) is 0. The van der Waals surface area contributed by atoms with Gasteiger partial charge in [-0.3, -0.25) is 4.90 Å². The number of halogens is 2. The summed E-state index contributed by atoms with van der Waals surface area (Å²) >= 11 is 0. The Morgan fingerprint density at radius 3 is 1.52 bits per heavy atom. The third-order valence-electron chi connectivity index (χ3n) is 9.03. The van der Waals surface area contributed by atoms with Gasteiger partial charge >= 0.3 is 0 Å². The normalized spacial score (nSPS) is 20.6. The molecule has 0 bridgehead atoms. The fraction of sp³-hybridized carbons (Fsp3) is 0.385. The maximum absolute atomic E-state index is 15.4. The van der Waals surface area contributed by atoms with Gasteiger partial charge < -0.3 is 19.1 Å². The highest BCUT2D eigenvalue weighted by atomic mass is 19.1. The molecule has 46 heavy (non-hydrogen) atoms. The second kappa shape index (κ2) is 16.3. The molecule has 2 aliphatic rings. The van der Waals surface area contributed by atoms with Crippen LogP contribution in [0.15, 0.2) is 103 Å². The van der Waals surface area contributed by atoms with E-state index in [4.69, 9.17) is 14.2 Å². The van der Waals surface area contributed by atoms with E-state index in [1.54, 1.807) is 0 Å². The summed E-state index contributed by atoms with van der Waals surface area (Å²) in [7, 11) is 0. The van der Waals surface area contributed by atoms with Crippen LogP contribution in [0.2, 0.25) is 0 Å². The number of benzene rings is 4. The molecule has 0 aromatic heterocycles. The van der Waals surface area contributed by atoms with Gasteiger partial charge in [0.2, 0.25) is 0 Å². The molecule has 2 heterocycles. The first kappa shape index (κ1) is 32.3. The fourth-order valence-corrected chi connectivity index (χ4v) is 6.48. The van der Waals surface area contributed by atoms with Crippen molar-refractivity contribution in [2.24, 2.45) is 0 Å². The summed E-state index contributed by atoms with van der Waals surface area (Å²) in [6.45, 7) is 4.57. The Labute approximate surface area is 271 Å². The predicted octanol–water partition coefficient (Wildman–Crippen LogP) is 7.57. The van der Waals surface area contributed by atoms with E-state index < -0.39 is 11.6 Å². The van der Waals surface area contributed by atoms with Crippen LogP contribution >= 0.6 is 0 Å². The number of likely N-dealkylation sites (tertiary alicyclic amines) is 1. The minimum Gasteiger partial charge on any atom is -0.371 e. The van der Waals surface area contributed by atoms with Crippen molar-refractivity contribution in [2.75, 3.05) is 37.6 Å². The fourth-order valence-electron chi connectivity index (χ4n) is 6.48. The van der Waals surface area contributed by atoms with Crippen molar-refractivity contribution in [1.29, 1.82) is 0 Å². The van der Waals surface area contributed by atoms with Gasteiger partial charge in [0, 0.05) is 44.0 Å². The Kier molecular flexibility index (Phi) is 11.4. The zero-order valence-corrected chi connectivity index (χ0v) is 26.4. The van der Waals surface area contributed by atoms with E-state index in [1.807, 2.05) is 78.9 Å². The van der Waals surface area contributed by atoms with Gasteiger partial charge in [0.05, 0.1) is 32.0 Å². The van der Waals surface area contributed by atoms with Gasteiger partial charge in [-0.05, 0) is 54.5 Å². The van der Waals surface area contributed by atoms with Crippen LogP contribution in [0, 0.1) is 11.6 Å². The Bertz CT molecular complexity index is 1410. The average Bonchev–Trinajstić information content (AvgIpc) is 3.10. The van der Waals surface area contributed by atoms with E-state index in [0.29, 0.717) is 45.1 Å². The van der Waals surface area contributed by atoms with Crippen LogP contribution < -0.4 is 4.90 Å². The maximum atomic E-state index is 15.4. The molecule has 2 aliphatic heterocycles. The second-order valence-corrected chi connectivity index (χ2v) is 12.4. The molecule has 0 saturated carbocycles. The molecule has 2 fully saturated rings. The molecule has 7 heteroatoms. The Morgan fingerprint density at radius 1 is 0.587 bits per heavy atom. The summed E-state index contributed by atoms with van der Waals surface area (Å²) < 4.78 is 50.4. The molecule has 4 aromatic rings. The van der Waals surface area contributed by atoms with Crippen molar-refractivity contribution < 1.29 is 23.0 Å². The molecular weight excluding hydrogens is 582 g/mol. The van der Waals surface area contributed by atoms with Crippen LogP contribution in [0.4, 0.5) is 14.5 Å². The summed E-state index contributed by atoms with van der Waals surface area (Å²) in [5.74, 6) is -0.953. The first-order chi connectivity index (χ1) is 22.6. The quantitative estimate of drug-likeness (QED) is 0.153. The summed E-state index contributed by atoms with van der Waals surface area (Å²) in [6.07, 6.45) is 2.57. The molecule has 0 radical (unpaired) electrons. The lowest BCUT2D eigenvalue weighted by atomic mass is 9.99. The molecule has 2 atom stereocenters. The van der Waals surface area contributed by atoms with Gasteiger partial charge in [-0.15, -0.1) is 0 Å². The zero-order valence-electron chi connectivity index (χ0n) is 26.4. The second-order valence-electron chi connectivity index (χ2n) is 12.4. The number of rotatable bonds is 13. The van der Waals surface area contributed by atoms with Crippen molar-refractivity contribution >= 4 is 5.69 Å². The van der Waals surface area contributed by atoms with E-state index in [-0.39, 0.29) is 30.3 Å². The minimum absolute atomic E-state index is 0.131.